The second-order valence-electron chi connectivity index (χ2n) is 3.88. The van der Waals surface area contributed by atoms with Crippen molar-refractivity contribution in [3.8, 4) is 0 Å². The van der Waals surface area contributed by atoms with Crippen LogP contribution in [0.5, 0.6) is 0 Å². The van der Waals surface area contributed by atoms with Gasteiger partial charge in [0.2, 0.25) is 0 Å². The molecule has 2 heterocycles. The summed E-state index contributed by atoms with van der Waals surface area (Å²) in [7, 11) is 0. The van der Waals surface area contributed by atoms with Crippen molar-refractivity contribution in [2.75, 3.05) is 0 Å². The lowest BCUT2D eigenvalue weighted by Crippen LogP contribution is -1.90. The van der Waals surface area contributed by atoms with Crippen LogP contribution in [0.3, 0.4) is 0 Å². The molecule has 4 nitrogen and oxygen atoms in total. The van der Waals surface area contributed by atoms with Gasteiger partial charge in [-0.1, -0.05) is 47.2 Å². The zero-order chi connectivity index (χ0) is 13.1. The van der Waals surface area contributed by atoms with Gasteiger partial charge in [0.15, 0.2) is 4.96 Å². The average Bonchev–Trinajstić information content (AvgIpc) is 3.01. The van der Waals surface area contributed by atoms with E-state index in [1.807, 2.05) is 34.2 Å². The van der Waals surface area contributed by atoms with Crippen molar-refractivity contribution in [1.29, 1.82) is 0 Å². The first-order valence-electron chi connectivity index (χ1n) is 5.68. The molecule has 0 aliphatic heterocycles. The van der Waals surface area contributed by atoms with E-state index in [-0.39, 0.29) is 0 Å². The number of benzene rings is 1. The third-order valence-corrected chi connectivity index (χ3v) is 4.47. The van der Waals surface area contributed by atoms with Crippen LogP contribution < -0.4 is 0 Å². The SMILES string of the molecule is O/N=C/c1c(SCc2ccccc2)nc2sccn12. The Bertz CT molecular complexity index is 703. The Kier molecular flexibility index (Phi) is 3.52. The van der Waals surface area contributed by atoms with E-state index >= 15 is 0 Å². The number of thioether (sulfide) groups is 1. The van der Waals surface area contributed by atoms with Crippen LogP contribution in [-0.4, -0.2) is 20.8 Å². The minimum Gasteiger partial charge on any atom is -0.411 e. The molecule has 96 valence electrons. The Labute approximate surface area is 118 Å². The van der Waals surface area contributed by atoms with Crippen LogP contribution in [0.15, 0.2) is 52.1 Å². The summed E-state index contributed by atoms with van der Waals surface area (Å²) < 4.78 is 1.93. The molecule has 0 spiro atoms. The second kappa shape index (κ2) is 5.46. The number of oxime groups is 1. The molecule has 6 heteroatoms. The van der Waals surface area contributed by atoms with E-state index in [0.717, 1.165) is 21.4 Å². The third kappa shape index (κ3) is 2.50. The summed E-state index contributed by atoms with van der Waals surface area (Å²) in [5, 5.41) is 14.7. The molecule has 0 aliphatic carbocycles. The van der Waals surface area contributed by atoms with E-state index in [2.05, 4.69) is 22.3 Å². The zero-order valence-corrected chi connectivity index (χ0v) is 11.6. The molecule has 0 saturated heterocycles. The molecule has 0 fully saturated rings. The fourth-order valence-electron chi connectivity index (χ4n) is 1.79. The number of aromatic nitrogens is 2. The lowest BCUT2D eigenvalue weighted by molar-refractivity contribution is 0.321. The molecule has 3 aromatic rings. The zero-order valence-electron chi connectivity index (χ0n) is 9.93. The van der Waals surface area contributed by atoms with Gasteiger partial charge in [-0.3, -0.25) is 4.40 Å². The van der Waals surface area contributed by atoms with Crippen LogP contribution >= 0.6 is 23.1 Å². The highest BCUT2D eigenvalue weighted by molar-refractivity contribution is 7.98. The Morgan fingerprint density at radius 2 is 2.21 bits per heavy atom. The highest BCUT2D eigenvalue weighted by Crippen LogP contribution is 2.27. The minimum absolute atomic E-state index is 0.819. The molecule has 1 N–H and O–H groups in total. The van der Waals surface area contributed by atoms with E-state index in [1.54, 1.807) is 23.1 Å². The summed E-state index contributed by atoms with van der Waals surface area (Å²) in [6, 6.07) is 10.2. The number of rotatable bonds is 4. The Hall–Kier alpha value is -1.79. The summed E-state index contributed by atoms with van der Waals surface area (Å²) in [6.07, 6.45) is 3.36. The minimum atomic E-state index is 0.819. The van der Waals surface area contributed by atoms with Gasteiger partial charge in [0.05, 0.1) is 6.21 Å². The van der Waals surface area contributed by atoms with Crippen molar-refractivity contribution >= 4 is 34.3 Å². The van der Waals surface area contributed by atoms with Crippen LogP contribution in [0.25, 0.3) is 4.96 Å². The molecule has 0 unspecified atom stereocenters. The molecule has 0 atom stereocenters. The molecule has 19 heavy (non-hydrogen) atoms. The summed E-state index contributed by atoms with van der Waals surface area (Å²) in [6.45, 7) is 0. The highest BCUT2D eigenvalue weighted by Gasteiger charge is 2.12. The number of imidazole rings is 1. The summed E-state index contributed by atoms with van der Waals surface area (Å²) >= 11 is 3.21. The van der Waals surface area contributed by atoms with Gasteiger partial charge in [-0.15, -0.1) is 11.3 Å². The lowest BCUT2D eigenvalue weighted by atomic mass is 10.2. The predicted octanol–water partition coefficient (Wildman–Crippen LogP) is 3.50. The van der Waals surface area contributed by atoms with Crippen LogP contribution in [0.4, 0.5) is 0 Å². The average molecular weight is 289 g/mol. The molecular formula is C13H11N3OS2. The van der Waals surface area contributed by atoms with E-state index in [4.69, 9.17) is 5.21 Å². The molecule has 0 aliphatic rings. The largest absolute Gasteiger partial charge is 0.411 e. The molecule has 0 radical (unpaired) electrons. The molecule has 0 amide bonds. The van der Waals surface area contributed by atoms with Crippen molar-refractivity contribution in [2.45, 2.75) is 10.8 Å². The maximum atomic E-state index is 8.77. The fraction of sp³-hybridized carbons (Fsp3) is 0.0769. The number of hydrogen-bond acceptors (Lipinski definition) is 5. The van der Waals surface area contributed by atoms with Gasteiger partial charge in [-0.2, -0.15) is 0 Å². The van der Waals surface area contributed by atoms with Crippen molar-refractivity contribution in [1.82, 2.24) is 9.38 Å². The van der Waals surface area contributed by atoms with Gasteiger partial charge in [-0.25, -0.2) is 4.98 Å². The van der Waals surface area contributed by atoms with Crippen LogP contribution in [0.2, 0.25) is 0 Å². The van der Waals surface area contributed by atoms with Gasteiger partial charge >= 0.3 is 0 Å². The van der Waals surface area contributed by atoms with E-state index in [9.17, 15) is 0 Å². The molecule has 2 aromatic heterocycles. The molecule has 0 saturated carbocycles. The number of hydrogen-bond donors (Lipinski definition) is 1. The Morgan fingerprint density at radius 3 is 3.00 bits per heavy atom. The van der Waals surface area contributed by atoms with Crippen molar-refractivity contribution in [2.24, 2.45) is 5.16 Å². The van der Waals surface area contributed by atoms with Crippen molar-refractivity contribution in [3.63, 3.8) is 0 Å². The summed E-state index contributed by atoms with van der Waals surface area (Å²) in [5.41, 5.74) is 2.07. The fourth-order valence-corrected chi connectivity index (χ4v) is 3.51. The van der Waals surface area contributed by atoms with E-state index < -0.39 is 0 Å². The van der Waals surface area contributed by atoms with Crippen LogP contribution in [0, 0.1) is 0 Å². The first-order valence-corrected chi connectivity index (χ1v) is 7.54. The number of nitrogens with zero attached hydrogens (tertiary/aromatic N) is 3. The van der Waals surface area contributed by atoms with Crippen molar-refractivity contribution in [3.05, 3.63) is 53.2 Å². The van der Waals surface area contributed by atoms with Crippen LogP contribution in [-0.2, 0) is 5.75 Å². The summed E-state index contributed by atoms with van der Waals surface area (Å²) in [5.74, 6) is 0.845. The quantitative estimate of drug-likeness (QED) is 0.346. The Morgan fingerprint density at radius 1 is 1.37 bits per heavy atom. The first kappa shape index (κ1) is 12.3. The van der Waals surface area contributed by atoms with Gasteiger partial charge < -0.3 is 5.21 Å². The van der Waals surface area contributed by atoms with Crippen LogP contribution in [0.1, 0.15) is 11.3 Å². The normalized spacial score (nSPS) is 11.6. The standard InChI is InChI=1S/C13H11N3OS2/c17-14-8-11-12(15-13-16(11)6-7-18-13)19-9-10-4-2-1-3-5-10/h1-8,17H,9H2/b14-8+. The lowest BCUT2D eigenvalue weighted by Gasteiger charge is -2.00. The van der Waals surface area contributed by atoms with E-state index in [1.165, 1.54) is 11.8 Å². The smallest absolute Gasteiger partial charge is 0.195 e. The monoisotopic (exact) mass is 289 g/mol. The van der Waals surface area contributed by atoms with Gasteiger partial charge in [0, 0.05) is 17.3 Å². The highest BCUT2D eigenvalue weighted by atomic mass is 32.2. The first-order chi connectivity index (χ1) is 9.38. The maximum absolute atomic E-state index is 8.77. The Balaban J connectivity index is 1.88. The van der Waals surface area contributed by atoms with Gasteiger partial charge in [0.1, 0.15) is 10.7 Å². The third-order valence-electron chi connectivity index (χ3n) is 2.66. The van der Waals surface area contributed by atoms with E-state index in [0.29, 0.717) is 0 Å². The number of fused-ring (bicyclic) bond motifs is 1. The molecule has 3 rings (SSSR count). The van der Waals surface area contributed by atoms with Crippen molar-refractivity contribution < 1.29 is 5.21 Å². The summed E-state index contributed by atoms with van der Waals surface area (Å²) in [4.78, 5) is 5.46. The molecular weight excluding hydrogens is 278 g/mol. The predicted molar refractivity (Wildman–Crippen MR) is 78.5 cm³/mol. The van der Waals surface area contributed by atoms with Gasteiger partial charge in [-0.05, 0) is 5.56 Å². The number of thiazole rings is 1. The molecule has 1 aromatic carbocycles. The topological polar surface area (TPSA) is 49.9 Å². The second-order valence-corrected chi connectivity index (χ2v) is 5.71. The maximum Gasteiger partial charge on any atom is 0.195 e. The van der Waals surface area contributed by atoms with Gasteiger partial charge in [0.25, 0.3) is 0 Å². The molecule has 0 bridgehead atoms.